The van der Waals surface area contributed by atoms with Gasteiger partial charge in [-0.05, 0) is 12.1 Å². The lowest BCUT2D eigenvalue weighted by Crippen LogP contribution is -2.40. The first kappa shape index (κ1) is 12.7. The van der Waals surface area contributed by atoms with Crippen LogP contribution in [-0.2, 0) is 4.79 Å². The van der Waals surface area contributed by atoms with E-state index >= 15 is 0 Å². The van der Waals surface area contributed by atoms with Gasteiger partial charge in [-0.15, -0.1) is 0 Å². The molecular weight excluding hydrogens is 272 g/mol. The molecule has 0 saturated carbocycles. The van der Waals surface area contributed by atoms with Crippen LogP contribution in [0.15, 0.2) is 24.3 Å². The number of hydrogen-bond acceptors (Lipinski definition) is 3. The molecule has 0 bridgehead atoms. The van der Waals surface area contributed by atoms with E-state index in [0.717, 1.165) is 11.3 Å². The van der Waals surface area contributed by atoms with E-state index in [9.17, 15) is 22.4 Å². The summed E-state index contributed by atoms with van der Waals surface area (Å²) in [4.78, 5) is 14.8. The Balaban J connectivity index is 2.21. The number of para-hydroxylation sites is 1. The fourth-order valence-electron chi connectivity index (χ4n) is 1.21. The summed E-state index contributed by atoms with van der Waals surface area (Å²) in [7, 11) is 0. The average molecular weight is 278 g/mol. The van der Waals surface area contributed by atoms with Crippen LogP contribution < -0.4 is 5.32 Å². The van der Waals surface area contributed by atoms with Gasteiger partial charge >= 0.3 is 18.3 Å². The van der Waals surface area contributed by atoms with Crippen molar-refractivity contribution in [3.63, 3.8) is 0 Å². The highest BCUT2D eigenvalue weighted by molar-refractivity contribution is 7.22. The summed E-state index contributed by atoms with van der Waals surface area (Å²) >= 11 is 0.932. The maximum Gasteiger partial charge on any atom is 0.383 e. The van der Waals surface area contributed by atoms with Crippen molar-refractivity contribution >= 4 is 32.6 Å². The van der Waals surface area contributed by atoms with E-state index in [0.29, 0.717) is 10.2 Å². The number of alkyl halides is 4. The van der Waals surface area contributed by atoms with Crippen LogP contribution in [0.5, 0.6) is 0 Å². The fourth-order valence-corrected chi connectivity index (χ4v) is 2.07. The third-order valence-electron chi connectivity index (χ3n) is 2.09. The predicted octanol–water partition coefficient (Wildman–Crippen LogP) is 3.14. The third kappa shape index (κ3) is 2.28. The van der Waals surface area contributed by atoms with Gasteiger partial charge in [-0.1, -0.05) is 23.5 Å². The summed E-state index contributed by atoms with van der Waals surface area (Å²) < 4.78 is 49.9. The van der Waals surface area contributed by atoms with Crippen LogP contribution in [0.4, 0.5) is 22.7 Å². The van der Waals surface area contributed by atoms with Crippen molar-refractivity contribution in [1.82, 2.24) is 4.98 Å². The Morgan fingerprint density at radius 1 is 1.33 bits per heavy atom. The molecule has 1 heterocycles. The minimum absolute atomic E-state index is 0.137. The average Bonchev–Trinajstić information content (AvgIpc) is 2.70. The summed E-state index contributed by atoms with van der Waals surface area (Å²) in [6.07, 6.45) is -4.05. The lowest BCUT2D eigenvalue weighted by molar-refractivity contribution is -0.163. The molecule has 0 unspecified atom stereocenters. The smallest absolute Gasteiger partial charge is 0.296 e. The normalized spacial score (nSPS) is 12.1. The van der Waals surface area contributed by atoms with Gasteiger partial charge in [-0.25, -0.2) is 13.8 Å². The van der Waals surface area contributed by atoms with E-state index in [4.69, 9.17) is 0 Å². The number of fused-ring (bicyclic) bond motifs is 1. The molecule has 18 heavy (non-hydrogen) atoms. The molecule has 1 aromatic carbocycles. The van der Waals surface area contributed by atoms with Crippen LogP contribution >= 0.6 is 11.3 Å². The van der Waals surface area contributed by atoms with Crippen molar-refractivity contribution in [3.05, 3.63) is 24.3 Å². The molecule has 0 aliphatic carbocycles. The Bertz CT molecular complexity index is 551. The minimum Gasteiger partial charge on any atom is -0.296 e. The molecule has 0 aliphatic heterocycles. The number of halogens is 4. The summed E-state index contributed by atoms with van der Waals surface area (Å²) in [5, 5.41) is 1.55. The number of thiazole rings is 1. The highest BCUT2D eigenvalue weighted by atomic mass is 32.1. The first-order chi connectivity index (χ1) is 8.41. The summed E-state index contributed by atoms with van der Waals surface area (Å²) in [6, 6.07) is 6.68. The first-order valence-electron chi connectivity index (χ1n) is 4.74. The van der Waals surface area contributed by atoms with E-state index < -0.39 is 18.3 Å². The number of amides is 1. The monoisotopic (exact) mass is 278 g/mol. The molecule has 96 valence electrons. The van der Waals surface area contributed by atoms with Gasteiger partial charge in [-0.3, -0.25) is 10.1 Å². The Kier molecular flexibility index (Phi) is 3.20. The van der Waals surface area contributed by atoms with Crippen molar-refractivity contribution in [2.75, 3.05) is 5.32 Å². The second-order valence-electron chi connectivity index (χ2n) is 3.36. The van der Waals surface area contributed by atoms with Gasteiger partial charge in [0.15, 0.2) is 5.13 Å². The molecule has 0 saturated heterocycles. The SMILES string of the molecule is O=C(Nc1nc2ccccc2s1)C(F)(F)C(F)F. The van der Waals surface area contributed by atoms with Gasteiger partial charge in [-0.2, -0.15) is 8.78 Å². The van der Waals surface area contributed by atoms with E-state index in [-0.39, 0.29) is 5.13 Å². The maximum atomic E-state index is 12.7. The van der Waals surface area contributed by atoms with E-state index in [1.165, 1.54) is 0 Å². The molecule has 1 N–H and O–H groups in total. The van der Waals surface area contributed by atoms with Gasteiger partial charge in [0, 0.05) is 0 Å². The van der Waals surface area contributed by atoms with Crippen molar-refractivity contribution in [2.45, 2.75) is 12.3 Å². The zero-order chi connectivity index (χ0) is 13.3. The van der Waals surface area contributed by atoms with Crippen molar-refractivity contribution in [2.24, 2.45) is 0 Å². The summed E-state index contributed by atoms with van der Waals surface area (Å²) in [5.74, 6) is -6.78. The Hall–Kier alpha value is -1.70. The van der Waals surface area contributed by atoms with Crippen LogP contribution in [0.3, 0.4) is 0 Å². The van der Waals surface area contributed by atoms with E-state index in [1.54, 1.807) is 29.6 Å². The lowest BCUT2D eigenvalue weighted by Gasteiger charge is -2.13. The summed E-state index contributed by atoms with van der Waals surface area (Å²) in [5.41, 5.74) is 0.498. The van der Waals surface area contributed by atoms with Gasteiger partial charge in [0.05, 0.1) is 10.2 Å². The van der Waals surface area contributed by atoms with Gasteiger partial charge in [0.1, 0.15) is 0 Å². The first-order valence-corrected chi connectivity index (χ1v) is 5.56. The quantitative estimate of drug-likeness (QED) is 0.876. The number of anilines is 1. The molecule has 2 rings (SSSR count). The second-order valence-corrected chi connectivity index (χ2v) is 4.40. The van der Waals surface area contributed by atoms with E-state index in [2.05, 4.69) is 4.98 Å². The molecule has 0 aliphatic rings. The van der Waals surface area contributed by atoms with Crippen LogP contribution in [-0.4, -0.2) is 23.2 Å². The molecule has 3 nitrogen and oxygen atoms in total. The molecule has 0 atom stereocenters. The minimum atomic E-state index is -4.72. The number of aromatic nitrogens is 1. The van der Waals surface area contributed by atoms with Crippen molar-refractivity contribution < 1.29 is 22.4 Å². The van der Waals surface area contributed by atoms with Gasteiger partial charge in [0.25, 0.3) is 0 Å². The number of rotatable bonds is 3. The second kappa shape index (κ2) is 4.52. The zero-order valence-corrected chi connectivity index (χ0v) is 9.48. The molecule has 2 aromatic rings. The molecule has 0 radical (unpaired) electrons. The van der Waals surface area contributed by atoms with Crippen molar-refractivity contribution in [1.29, 1.82) is 0 Å². The lowest BCUT2D eigenvalue weighted by atomic mass is 10.3. The summed E-state index contributed by atoms with van der Waals surface area (Å²) in [6.45, 7) is 0. The van der Waals surface area contributed by atoms with Crippen LogP contribution in [0.25, 0.3) is 10.2 Å². The molecule has 8 heteroatoms. The largest absolute Gasteiger partial charge is 0.383 e. The Morgan fingerprint density at radius 3 is 2.61 bits per heavy atom. The maximum absolute atomic E-state index is 12.7. The number of nitrogens with zero attached hydrogens (tertiary/aromatic N) is 1. The van der Waals surface area contributed by atoms with Crippen LogP contribution in [0.2, 0.25) is 0 Å². The highest BCUT2D eigenvalue weighted by Crippen LogP contribution is 2.28. The Labute approximate surface area is 102 Å². The highest BCUT2D eigenvalue weighted by Gasteiger charge is 2.49. The number of benzene rings is 1. The standard InChI is InChI=1S/C10H6F4N2OS/c11-7(12)10(13,14)8(17)16-9-15-5-3-1-2-4-6(5)18-9/h1-4,7H,(H,15,16,17). The predicted molar refractivity (Wildman–Crippen MR) is 59.2 cm³/mol. The van der Waals surface area contributed by atoms with E-state index in [1.807, 2.05) is 0 Å². The Morgan fingerprint density at radius 2 is 2.00 bits per heavy atom. The van der Waals surface area contributed by atoms with Crippen LogP contribution in [0, 0.1) is 0 Å². The molecule has 0 fully saturated rings. The number of nitrogens with one attached hydrogen (secondary N) is 1. The van der Waals surface area contributed by atoms with Gasteiger partial charge < -0.3 is 0 Å². The fraction of sp³-hybridized carbons (Fsp3) is 0.200. The number of hydrogen-bond donors (Lipinski definition) is 1. The number of carbonyl (C=O) groups is 1. The number of carbonyl (C=O) groups excluding carboxylic acids is 1. The molecule has 0 spiro atoms. The third-order valence-corrected chi connectivity index (χ3v) is 3.04. The van der Waals surface area contributed by atoms with Crippen molar-refractivity contribution in [3.8, 4) is 0 Å². The zero-order valence-electron chi connectivity index (χ0n) is 8.66. The molecule has 1 amide bonds. The molecular formula is C10H6F4N2OS. The van der Waals surface area contributed by atoms with Crippen LogP contribution in [0.1, 0.15) is 0 Å². The molecule has 1 aromatic heterocycles. The van der Waals surface area contributed by atoms with Gasteiger partial charge in [0.2, 0.25) is 0 Å². The topological polar surface area (TPSA) is 42.0 Å².